The summed E-state index contributed by atoms with van der Waals surface area (Å²) in [5.41, 5.74) is 2.46. The highest BCUT2D eigenvalue weighted by Crippen LogP contribution is 2.35. The number of nitrogens with one attached hydrogen (secondary N) is 4. The fourth-order valence-electron chi connectivity index (χ4n) is 5.11. The SMILES string of the molecule is COc1cccc2[nH]c(C(=O)N[C@@H](CC(C)C)C(=O)N[C@@H](CC3C(=O)Nc4ccccc43)C(=O)c3nccs3)cc12. The number of anilines is 1. The predicted octanol–water partition coefficient (Wildman–Crippen LogP) is 4.27. The molecule has 3 heterocycles. The Hall–Kier alpha value is -4.51. The van der Waals surface area contributed by atoms with E-state index >= 15 is 0 Å². The van der Waals surface area contributed by atoms with Gasteiger partial charge in [-0.2, -0.15) is 0 Å². The zero-order valence-corrected chi connectivity index (χ0v) is 23.7. The second-order valence-electron chi connectivity index (χ2n) is 10.4. The third-order valence-electron chi connectivity index (χ3n) is 7.08. The zero-order valence-electron chi connectivity index (χ0n) is 22.9. The number of carbonyl (C=O) groups is 4. The van der Waals surface area contributed by atoms with Crippen molar-refractivity contribution in [2.45, 2.75) is 44.7 Å². The van der Waals surface area contributed by atoms with E-state index in [9.17, 15) is 19.2 Å². The van der Waals surface area contributed by atoms with Crippen LogP contribution >= 0.6 is 11.3 Å². The molecule has 1 aliphatic heterocycles. The van der Waals surface area contributed by atoms with E-state index in [1.54, 1.807) is 30.7 Å². The molecule has 10 nitrogen and oxygen atoms in total. The van der Waals surface area contributed by atoms with Gasteiger partial charge in [0.25, 0.3) is 5.91 Å². The Bertz CT molecular complexity index is 1600. The standard InChI is InChI=1S/C30H31N5O5S/c1-16(2)13-23(35-29(39)24-15-19-21(32-24)9-6-10-25(19)40-3)28(38)34-22(26(36)30-31-11-12-41-30)14-18-17-7-4-5-8-20(17)33-27(18)37/h4-12,15-16,18,22-23,32H,13-14H2,1-3H3,(H,33,37)(H,34,38)(H,35,39)/t18?,22-,23-/m0/s1. The van der Waals surface area contributed by atoms with E-state index in [0.717, 1.165) is 16.5 Å². The Kier molecular flexibility index (Phi) is 8.16. The van der Waals surface area contributed by atoms with Crippen LogP contribution < -0.4 is 20.7 Å². The fraction of sp³-hybridized carbons (Fsp3) is 0.300. The molecule has 3 amide bonds. The van der Waals surface area contributed by atoms with E-state index in [4.69, 9.17) is 4.74 Å². The smallest absolute Gasteiger partial charge is 0.268 e. The number of fused-ring (bicyclic) bond motifs is 2. The highest BCUT2D eigenvalue weighted by Gasteiger charge is 2.37. The number of methoxy groups -OCH3 is 1. The van der Waals surface area contributed by atoms with Gasteiger partial charge in [-0.15, -0.1) is 11.3 Å². The number of aromatic nitrogens is 2. The van der Waals surface area contributed by atoms with Crippen molar-refractivity contribution in [3.63, 3.8) is 0 Å². The van der Waals surface area contributed by atoms with Crippen LogP contribution in [0.1, 0.15) is 58.5 Å². The molecule has 3 atom stereocenters. The van der Waals surface area contributed by atoms with Crippen molar-refractivity contribution in [2.24, 2.45) is 5.92 Å². The van der Waals surface area contributed by atoms with Gasteiger partial charge in [-0.05, 0) is 48.6 Å². The normalized spacial score (nSPS) is 15.7. The molecule has 11 heteroatoms. The number of aromatic amines is 1. The molecule has 0 bridgehead atoms. The predicted molar refractivity (Wildman–Crippen MR) is 156 cm³/mol. The summed E-state index contributed by atoms with van der Waals surface area (Å²) in [5, 5.41) is 11.2. The lowest BCUT2D eigenvalue weighted by atomic mass is 9.91. The first-order chi connectivity index (χ1) is 19.7. The van der Waals surface area contributed by atoms with Crippen LogP contribution in [0.3, 0.4) is 0 Å². The van der Waals surface area contributed by atoms with Crippen LogP contribution in [0.4, 0.5) is 5.69 Å². The van der Waals surface area contributed by atoms with Crippen molar-refractivity contribution < 1.29 is 23.9 Å². The van der Waals surface area contributed by atoms with Crippen LogP contribution in [0.2, 0.25) is 0 Å². The Balaban J connectivity index is 1.38. The summed E-state index contributed by atoms with van der Waals surface area (Å²) in [5.74, 6) is -1.54. The molecule has 0 fully saturated rings. The topological polar surface area (TPSA) is 142 Å². The Morgan fingerprint density at radius 1 is 1.07 bits per heavy atom. The van der Waals surface area contributed by atoms with Gasteiger partial charge >= 0.3 is 0 Å². The fourth-order valence-corrected chi connectivity index (χ4v) is 5.74. The molecule has 1 aliphatic rings. The third-order valence-corrected chi connectivity index (χ3v) is 7.86. The number of thiazole rings is 1. The summed E-state index contributed by atoms with van der Waals surface area (Å²) in [4.78, 5) is 60.5. The van der Waals surface area contributed by atoms with E-state index in [1.807, 2.05) is 44.2 Å². The number of rotatable bonds is 11. The number of Topliss-reactive ketones (excluding diaryl/α,β-unsaturated/α-hetero) is 1. The molecule has 2 aromatic carbocycles. The summed E-state index contributed by atoms with van der Waals surface area (Å²) >= 11 is 1.17. The molecule has 0 saturated carbocycles. The molecule has 4 N–H and O–H groups in total. The average molecular weight is 574 g/mol. The minimum absolute atomic E-state index is 0.0527. The van der Waals surface area contributed by atoms with Crippen molar-refractivity contribution in [3.05, 3.63) is 76.4 Å². The molecule has 0 aliphatic carbocycles. The lowest BCUT2D eigenvalue weighted by Gasteiger charge is -2.24. The monoisotopic (exact) mass is 573 g/mol. The van der Waals surface area contributed by atoms with Crippen molar-refractivity contribution >= 4 is 51.4 Å². The Labute approximate surface area is 240 Å². The van der Waals surface area contributed by atoms with Gasteiger partial charge < -0.3 is 25.7 Å². The summed E-state index contributed by atoms with van der Waals surface area (Å²) in [6.45, 7) is 3.89. The summed E-state index contributed by atoms with van der Waals surface area (Å²) < 4.78 is 5.39. The van der Waals surface area contributed by atoms with Gasteiger partial charge in [0, 0.05) is 28.2 Å². The highest BCUT2D eigenvalue weighted by molar-refractivity contribution is 7.11. The first-order valence-electron chi connectivity index (χ1n) is 13.4. The van der Waals surface area contributed by atoms with Gasteiger partial charge in [0.2, 0.25) is 17.6 Å². The lowest BCUT2D eigenvalue weighted by Crippen LogP contribution is -2.52. The molecular formula is C30H31N5O5S. The second-order valence-corrected chi connectivity index (χ2v) is 11.3. The molecule has 212 valence electrons. The second kappa shape index (κ2) is 11.9. The summed E-state index contributed by atoms with van der Waals surface area (Å²) in [7, 11) is 1.56. The minimum atomic E-state index is -1.03. The van der Waals surface area contributed by atoms with Crippen molar-refractivity contribution in [3.8, 4) is 5.75 Å². The number of hydrogen-bond acceptors (Lipinski definition) is 7. The molecule has 2 aromatic heterocycles. The van der Waals surface area contributed by atoms with E-state index in [0.29, 0.717) is 17.9 Å². The zero-order chi connectivity index (χ0) is 29.1. The van der Waals surface area contributed by atoms with Crippen LogP contribution in [-0.4, -0.2) is 52.7 Å². The minimum Gasteiger partial charge on any atom is -0.496 e. The van der Waals surface area contributed by atoms with Crippen LogP contribution in [0.15, 0.2) is 60.1 Å². The van der Waals surface area contributed by atoms with E-state index < -0.39 is 29.8 Å². The van der Waals surface area contributed by atoms with Crippen LogP contribution in [0, 0.1) is 5.92 Å². The maximum Gasteiger partial charge on any atom is 0.268 e. The number of para-hydroxylation sites is 1. The molecular weight excluding hydrogens is 542 g/mol. The maximum absolute atomic E-state index is 13.7. The molecule has 1 unspecified atom stereocenters. The van der Waals surface area contributed by atoms with Crippen molar-refractivity contribution in [2.75, 3.05) is 12.4 Å². The largest absolute Gasteiger partial charge is 0.496 e. The lowest BCUT2D eigenvalue weighted by molar-refractivity contribution is -0.124. The average Bonchev–Trinajstić information content (AvgIpc) is 3.70. The van der Waals surface area contributed by atoms with Gasteiger partial charge in [0.05, 0.1) is 19.1 Å². The third kappa shape index (κ3) is 5.99. The van der Waals surface area contributed by atoms with Gasteiger partial charge in [0.1, 0.15) is 17.5 Å². The molecule has 0 saturated heterocycles. The summed E-state index contributed by atoms with van der Waals surface area (Å²) in [6.07, 6.45) is 1.91. The van der Waals surface area contributed by atoms with E-state index in [-0.39, 0.29) is 34.7 Å². The van der Waals surface area contributed by atoms with Gasteiger partial charge in [0.15, 0.2) is 5.01 Å². The quantitative estimate of drug-likeness (QED) is 0.197. The highest BCUT2D eigenvalue weighted by atomic mass is 32.1. The van der Waals surface area contributed by atoms with Crippen molar-refractivity contribution in [1.82, 2.24) is 20.6 Å². The molecule has 0 spiro atoms. The number of carbonyl (C=O) groups excluding carboxylic acids is 4. The van der Waals surface area contributed by atoms with Gasteiger partial charge in [-0.1, -0.05) is 38.1 Å². The molecule has 41 heavy (non-hydrogen) atoms. The Morgan fingerprint density at radius 2 is 1.88 bits per heavy atom. The van der Waals surface area contributed by atoms with Crippen molar-refractivity contribution in [1.29, 1.82) is 0 Å². The maximum atomic E-state index is 13.7. The number of nitrogens with zero attached hydrogens (tertiary/aromatic N) is 1. The van der Waals surface area contributed by atoms with Crippen LogP contribution in [-0.2, 0) is 9.59 Å². The molecule has 4 aromatic rings. The number of benzene rings is 2. The van der Waals surface area contributed by atoms with E-state index in [1.165, 1.54) is 17.5 Å². The molecule has 0 radical (unpaired) electrons. The van der Waals surface area contributed by atoms with E-state index in [2.05, 4.69) is 25.9 Å². The van der Waals surface area contributed by atoms with Crippen LogP contribution in [0.25, 0.3) is 10.9 Å². The number of amides is 3. The first kappa shape index (κ1) is 28.0. The molecule has 5 rings (SSSR count). The Morgan fingerprint density at radius 3 is 2.61 bits per heavy atom. The number of hydrogen-bond donors (Lipinski definition) is 4. The number of H-pyrrole nitrogens is 1. The summed E-state index contributed by atoms with van der Waals surface area (Å²) in [6, 6.07) is 12.5. The van der Waals surface area contributed by atoms with Gasteiger partial charge in [-0.3, -0.25) is 19.2 Å². The number of ether oxygens (including phenoxy) is 1. The number of ketones is 1. The van der Waals surface area contributed by atoms with Gasteiger partial charge in [-0.25, -0.2) is 4.98 Å². The first-order valence-corrected chi connectivity index (χ1v) is 14.2. The van der Waals surface area contributed by atoms with Crippen LogP contribution in [0.5, 0.6) is 5.75 Å².